The number of aromatic nitrogens is 1. The molecule has 3 aromatic rings. The first kappa shape index (κ1) is 15.8. The molecular formula is C19H18N2O3. The van der Waals surface area contributed by atoms with Gasteiger partial charge in [0, 0.05) is 12.1 Å². The number of H-pyrrole nitrogens is 1. The highest BCUT2D eigenvalue weighted by Gasteiger charge is 2.12. The highest BCUT2D eigenvalue weighted by molar-refractivity contribution is 5.96. The zero-order valence-corrected chi connectivity index (χ0v) is 13.6. The number of nitrogens with one attached hydrogen (secondary N) is 2. The van der Waals surface area contributed by atoms with Crippen LogP contribution in [0.2, 0.25) is 0 Å². The topological polar surface area (TPSA) is 71.2 Å². The predicted octanol–water partition coefficient (Wildman–Crippen LogP) is 2.78. The SMILES string of the molecule is COc1ccccc1C(=O)NCc1cc2cccc(C)c2[nH]c1=O. The normalized spacial score (nSPS) is 10.6. The van der Waals surface area contributed by atoms with Crippen LogP contribution in [-0.4, -0.2) is 18.0 Å². The molecule has 0 aliphatic carbocycles. The lowest BCUT2D eigenvalue weighted by molar-refractivity contribution is 0.0948. The van der Waals surface area contributed by atoms with Crippen LogP contribution in [0.15, 0.2) is 53.3 Å². The van der Waals surface area contributed by atoms with Crippen molar-refractivity contribution in [3.05, 3.63) is 75.6 Å². The molecule has 122 valence electrons. The Morgan fingerprint density at radius 1 is 1.17 bits per heavy atom. The number of ether oxygens (including phenoxy) is 1. The van der Waals surface area contributed by atoms with Gasteiger partial charge in [-0.2, -0.15) is 0 Å². The summed E-state index contributed by atoms with van der Waals surface area (Å²) < 4.78 is 5.18. The van der Waals surface area contributed by atoms with Crippen molar-refractivity contribution in [3.63, 3.8) is 0 Å². The van der Waals surface area contributed by atoms with Crippen LogP contribution >= 0.6 is 0 Å². The Bertz CT molecular complexity index is 960. The molecule has 5 heteroatoms. The minimum Gasteiger partial charge on any atom is -0.496 e. The maximum absolute atomic E-state index is 12.3. The zero-order chi connectivity index (χ0) is 17.1. The standard InChI is InChI=1S/C19H18N2O3/c1-12-6-5-7-13-10-14(18(22)21-17(12)13)11-20-19(23)15-8-3-4-9-16(15)24-2/h3-10H,11H2,1-2H3,(H,20,23)(H,21,22). The summed E-state index contributed by atoms with van der Waals surface area (Å²) in [5.41, 5.74) is 2.58. The molecular weight excluding hydrogens is 304 g/mol. The van der Waals surface area contributed by atoms with Gasteiger partial charge in [0.05, 0.1) is 18.2 Å². The summed E-state index contributed by atoms with van der Waals surface area (Å²) in [4.78, 5) is 27.4. The Hall–Kier alpha value is -3.08. The van der Waals surface area contributed by atoms with Crippen molar-refractivity contribution in [1.29, 1.82) is 0 Å². The van der Waals surface area contributed by atoms with Crippen LogP contribution in [0.1, 0.15) is 21.5 Å². The van der Waals surface area contributed by atoms with Gasteiger partial charge in [0.15, 0.2) is 0 Å². The van der Waals surface area contributed by atoms with E-state index in [1.165, 1.54) is 7.11 Å². The number of carbonyl (C=O) groups is 1. The number of hydrogen-bond acceptors (Lipinski definition) is 3. The Morgan fingerprint density at radius 3 is 2.75 bits per heavy atom. The van der Waals surface area contributed by atoms with Gasteiger partial charge in [-0.3, -0.25) is 9.59 Å². The van der Waals surface area contributed by atoms with Crippen LogP contribution in [0.25, 0.3) is 10.9 Å². The lowest BCUT2D eigenvalue weighted by Crippen LogP contribution is -2.27. The number of benzene rings is 2. The fraction of sp³-hybridized carbons (Fsp3) is 0.158. The molecule has 1 heterocycles. The number of carbonyl (C=O) groups excluding carboxylic acids is 1. The van der Waals surface area contributed by atoms with Gasteiger partial charge in [-0.25, -0.2) is 0 Å². The molecule has 5 nitrogen and oxygen atoms in total. The molecule has 2 N–H and O–H groups in total. The third kappa shape index (κ3) is 3.01. The second kappa shape index (κ2) is 6.58. The van der Waals surface area contributed by atoms with Crippen LogP contribution in [0.5, 0.6) is 5.75 Å². The molecule has 0 radical (unpaired) electrons. The van der Waals surface area contributed by atoms with Gasteiger partial charge in [0.25, 0.3) is 11.5 Å². The highest BCUT2D eigenvalue weighted by Crippen LogP contribution is 2.17. The number of aryl methyl sites for hydroxylation is 1. The van der Waals surface area contributed by atoms with E-state index in [2.05, 4.69) is 10.3 Å². The molecule has 0 saturated heterocycles. The van der Waals surface area contributed by atoms with Crippen LogP contribution in [0, 0.1) is 6.92 Å². The van der Waals surface area contributed by atoms with Crippen molar-refractivity contribution >= 4 is 16.8 Å². The molecule has 2 aromatic carbocycles. The maximum atomic E-state index is 12.3. The van der Waals surface area contributed by atoms with E-state index in [0.717, 1.165) is 16.5 Å². The van der Waals surface area contributed by atoms with Crippen LogP contribution in [-0.2, 0) is 6.54 Å². The molecule has 0 fully saturated rings. The second-order valence-corrected chi connectivity index (χ2v) is 5.55. The molecule has 1 aromatic heterocycles. The molecule has 1 amide bonds. The number of amides is 1. The summed E-state index contributed by atoms with van der Waals surface area (Å²) in [6.45, 7) is 2.09. The summed E-state index contributed by atoms with van der Waals surface area (Å²) in [5, 5.41) is 3.71. The molecule has 24 heavy (non-hydrogen) atoms. The first-order valence-electron chi connectivity index (χ1n) is 7.63. The first-order valence-corrected chi connectivity index (χ1v) is 7.63. The minimum atomic E-state index is -0.281. The van der Waals surface area contributed by atoms with Gasteiger partial charge in [-0.1, -0.05) is 30.3 Å². The van der Waals surface area contributed by atoms with E-state index in [0.29, 0.717) is 16.9 Å². The molecule has 0 bridgehead atoms. The molecule has 0 spiro atoms. The fourth-order valence-corrected chi connectivity index (χ4v) is 2.66. The van der Waals surface area contributed by atoms with Crippen molar-refractivity contribution in [1.82, 2.24) is 10.3 Å². The quantitative estimate of drug-likeness (QED) is 0.776. The Balaban J connectivity index is 1.84. The van der Waals surface area contributed by atoms with E-state index in [-0.39, 0.29) is 18.0 Å². The minimum absolute atomic E-state index is 0.149. The smallest absolute Gasteiger partial charge is 0.255 e. The van der Waals surface area contributed by atoms with Crippen LogP contribution < -0.4 is 15.6 Å². The summed E-state index contributed by atoms with van der Waals surface area (Å²) in [6, 6.07) is 14.6. The Labute approximate surface area is 139 Å². The fourth-order valence-electron chi connectivity index (χ4n) is 2.66. The van der Waals surface area contributed by atoms with E-state index in [1.807, 2.05) is 31.2 Å². The molecule has 0 unspecified atom stereocenters. The van der Waals surface area contributed by atoms with Gasteiger partial charge < -0.3 is 15.0 Å². The molecule has 0 aliphatic rings. The van der Waals surface area contributed by atoms with Crippen LogP contribution in [0.3, 0.4) is 0 Å². The van der Waals surface area contributed by atoms with Crippen molar-refractivity contribution in [2.24, 2.45) is 0 Å². The lowest BCUT2D eigenvalue weighted by Gasteiger charge is -2.09. The largest absolute Gasteiger partial charge is 0.496 e. The molecule has 0 aliphatic heterocycles. The summed E-state index contributed by atoms with van der Waals surface area (Å²) in [5.74, 6) is 0.217. The molecule has 0 atom stereocenters. The van der Waals surface area contributed by atoms with E-state index in [1.54, 1.807) is 24.3 Å². The summed E-state index contributed by atoms with van der Waals surface area (Å²) >= 11 is 0. The predicted molar refractivity (Wildman–Crippen MR) is 93.5 cm³/mol. The van der Waals surface area contributed by atoms with Crippen LogP contribution in [0.4, 0.5) is 0 Å². The average Bonchev–Trinajstić information content (AvgIpc) is 2.60. The molecule has 0 saturated carbocycles. The van der Waals surface area contributed by atoms with Crippen molar-refractivity contribution in [3.8, 4) is 5.75 Å². The number of para-hydroxylation sites is 2. The van der Waals surface area contributed by atoms with E-state index >= 15 is 0 Å². The summed E-state index contributed by atoms with van der Waals surface area (Å²) in [7, 11) is 1.52. The first-order chi connectivity index (χ1) is 11.6. The van der Waals surface area contributed by atoms with Gasteiger partial charge in [0.1, 0.15) is 5.75 Å². The average molecular weight is 322 g/mol. The van der Waals surface area contributed by atoms with Gasteiger partial charge in [-0.05, 0) is 36.1 Å². The lowest BCUT2D eigenvalue weighted by atomic mass is 10.1. The van der Waals surface area contributed by atoms with Crippen molar-refractivity contribution < 1.29 is 9.53 Å². The monoisotopic (exact) mass is 322 g/mol. The zero-order valence-electron chi connectivity index (χ0n) is 13.6. The van der Waals surface area contributed by atoms with Crippen molar-refractivity contribution in [2.75, 3.05) is 7.11 Å². The van der Waals surface area contributed by atoms with E-state index in [4.69, 9.17) is 4.74 Å². The maximum Gasteiger partial charge on any atom is 0.255 e. The number of fused-ring (bicyclic) bond motifs is 1. The van der Waals surface area contributed by atoms with E-state index < -0.39 is 0 Å². The number of pyridine rings is 1. The van der Waals surface area contributed by atoms with Gasteiger partial charge in [0.2, 0.25) is 0 Å². The number of aromatic amines is 1. The van der Waals surface area contributed by atoms with E-state index in [9.17, 15) is 9.59 Å². The number of methoxy groups -OCH3 is 1. The van der Waals surface area contributed by atoms with Gasteiger partial charge >= 0.3 is 0 Å². The number of hydrogen-bond donors (Lipinski definition) is 2. The Morgan fingerprint density at radius 2 is 1.96 bits per heavy atom. The number of rotatable bonds is 4. The summed E-state index contributed by atoms with van der Waals surface area (Å²) in [6.07, 6.45) is 0. The third-order valence-electron chi connectivity index (χ3n) is 3.96. The van der Waals surface area contributed by atoms with Crippen molar-refractivity contribution in [2.45, 2.75) is 13.5 Å². The third-order valence-corrected chi connectivity index (χ3v) is 3.96. The highest BCUT2D eigenvalue weighted by atomic mass is 16.5. The molecule has 3 rings (SSSR count). The second-order valence-electron chi connectivity index (χ2n) is 5.55. The van der Waals surface area contributed by atoms with Gasteiger partial charge in [-0.15, -0.1) is 0 Å². The Kier molecular flexibility index (Phi) is 4.33.